The number of rotatable bonds is 4. The molecule has 0 aliphatic heterocycles. The monoisotopic (exact) mass is 299 g/mol. The number of benzene rings is 1. The molecule has 2 N–H and O–H groups in total. The first-order valence-electron chi connectivity index (χ1n) is 4.98. The lowest BCUT2D eigenvalue weighted by atomic mass is 10.0. The van der Waals surface area contributed by atoms with Crippen molar-refractivity contribution in [2.75, 3.05) is 6.61 Å². The van der Waals surface area contributed by atoms with Crippen LogP contribution >= 0.6 is 24.0 Å². The molecule has 1 unspecified atom stereocenters. The van der Waals surface area contributed by atoms with Crippen molar-refractivity contribution >= 4 is 30.0 Å². The van der Waals surface area contributed by atoms with Gasteiger partial charge < -0.3 is 10.5 Å². The van der Waals surface area contributed by atoms with Gasteiger partial charge >= 0.3 is 5.97 Å². The Hall–Kier alpha value is -0.910. The van der Waals surface area contributed by atoms with Crippen molar-refractivity contribution in [3.05, 3.63) is 34.6 Å². The molecule has 18 heavy (non-hydrogen) atoms. The Labute approximate surface area is 115 Å². The summed E-state index contributed by atoms with van der Waals surface area (Å²) in [4.78, 5) is 11.1. The first-order chi connectivity index (χ1) is 7.97. The van der Waals surface area contributed by atoms with E-state index in [0.29, 0.717) is 0 Å². The summed E-state index contributed by atoms with van der Waals surface area (Å²) in [5, 5.41) is -0.172. The van der Waals surface area contributed by atoms with Crippen molar-refractivity contribution in [2.24, 2.45) is 5.73 Å². The maximum Gasteiger partial charge on any atom is 0.342 e. The molecule has 7 heteroatoms. The summed E-state index contributed by atoms with van der Waals surface area (Å²) in [6.45, 7) is 1.63. The Balaban J connectivity index is 0.00000289. The van der Waals surface area contributed by atoms with Crippen LogP contribution in [0.25, 0.3) is 0 Å². The molecule has 1 aromatic rings. The van der Waals surface area contributed by atoms with Gasteiger partial charge in [-0.25, -0.2) is 13.6 Å². The van der Waals surface area contributed by atoms with Crippen molar-refractivity contribution in [2.45, 2.75) is 19.1 Å². The van der Waals surface area contributed by atoms with Crippen LogP contribution in [0, 0.1) is 5.82 Å². The second-order valence-corrected chi connectivity index (χ2v) is 3.76. The zero-order chi connectivity index (χ0) is 13.0. The first-order valence-corrected chi connectivity index (χ1v) is 5.36. The van der Waals surface area contributed by atoms with E-state index < -0.39 is 24.0 Å². The normalized spacial score (nSPS) is 13.4. The third kappa shape index (κ3) is 4.08. The predicted molar refractivity (Wildman–Crippen MR) is 67.1 cm³/mol. The van der Waals surface area contributed by atoms with Crippen LogP contribution in [0.3, 0.4) is 0 Å². The quantitative estimate of drug-likeness (QED) is 0.870. The molecule has 0 aromatic heterocycles. The maximum atomic E-state index is 13.6. The Kier molecular flexibility index (Phi) is 7.13. The van der Waals surface area contributed by atoms with E-state index in [9.17, 15) is 13.6 Å². The van der Waals surface area contributed by atoms with Crippen LogP contribution in [-0.2, 0) is 9.53 Å². The van der Waals surface area contributed by atoms with E-state index in [2.05, 4.69) is 4.74 Å². The predicted octanol–water partition coefficient (Wildman–Crippen LogP) is 2.80. The highest BCUT2D eigenvalue weighted by molar-refractivity contribution is 6.30. The topological polar surface area (TPSA) is 52.3 Å². The largest absolute Gasteiger partial charge is 0.464 e. The van der Waals surface area contributed by atoms with Gasteiger partial charge in [0.1, 0.15) is 5.82 Å². The van der Waals surface area contributed by atoms with Crippen LogP contribution in [0.15, 0.2) is 18.2 Å². The Bertz CT molecular complexity index is 418. The summed E-state index contributed by atoms with van der Waals surface area (Å²) in [7, 11) is 0. The number of esters is 1. The second kappa shape index (κ2) is 7.51. The fourth-order valence-corrected chi connectivity index (χ4v) is 1.45. The van der Waals surface area contributed by atoms with E-state index in [-0.39, 0.29) is 29.6 Å². The van der Waals surface area contributed by atoms with Crippen molar-refractivity contribution in [1.82, 2.24) is 0 Å². The smallest absolute Gasteiger partial charge is 0.342 e. The molecule has 1 rings (SSSR count). The lowest BCUT2D eigenvalue weighted by molar-refractivity contribution is -0.149. The molecule has 2 atom stereocenters. The highest BCUT2D eigenvalue weighted by Gasteiger charge is 2.28. The van der Waals surface area contributed by atoms with Crippen molar-refractivity contribution in [1.29, 1.82) is 0 Å². The minimum absolute atomic E-state index is 0. The average Bonchev–Trinajstić information content (AvgIpc) is 2.31. The third-order valence-electron chi connectivity index (χ3n) is 2.16. The molecule has 0 spiro atoms. The highest BCUT2D eigenvalue weighted by Crippen LogP contribution is 2.23. The Morgan fingerprint density at radius 1 is 1.56 bits per heavy atom. The zero-order valence-corrected chi connectivity index (χ0v) is 11.1. The van der Waals surface area contributed by atoms with Gasteiger partial charge in [-0.2, -0.15) is 0 Å². The second-order valence-electron chi connectivity index (χ2n) is 3.35. The van der Waals surface area contributed by atoms with E-state index in [0.717, 1.165) is 6.07 Å². The summed E-state index contributed by atoms with van der Waals surface area (Å²) in [5.41, 5.74) is 5.77. The van der Waals surface area contributed by atoms with Gasteiger partial charge in [0, 0.05) is 0 Å². The third-order valence-corrected chi connectivity index (χ3v) is 2.45. The molecule has 3 nitrogen and oxygen atoms in total. The van der Waals surface area contributed by atoms with E-state index in [1.54, 1.807) is 6.92 Å². The van der Waals surface area contributed by atoms with Gasteiger partial charge in [-0.05, 0) is 24.6 Å². The van der Waals surface area contributed by atoms with E-state index in [1.165, 1.54) is 12.1 Å². The molecular weight excluding hydrogens is 287 g/mol. The molecule has 0 amide bonds. The summed E-state index contributed by atoms with van der Waals surface area (Å²) >= 11 is 5.53. The van der Waals surface area contributed by atoms with Gasteiger partial charge in [0.2, 0.25) is 6.17 Å². The van der Waals surface area contributed by atoms with Crippen molar-refractivity contribution in [3.63, 3.8) is 0 Å². The molecule has 0 aliphatic rings. The minimum Gasteiger partial charge on any atom is -0.464 e. The average molecular weight is 300 g/mol. The Morgan fingerprint density at radius 2 is 2.17 bits per heavy atom. The SMILES string of the molecule is CCOC(=O)C(F)[C@@H](N)c1ccc(F)c(Cl)c1.Cl. The van der Waals surface area contributed by atoms with Crippen LogP contribution in [0.1, 0.15) is 18.5 Å². The van der Waals surface area contributed by atoms with Gasteiger partial charge in [0.15, 0.2) is 0 Å². The van der Waals surface area contributed by atoms with Gasteiger partial charge in [-0.1, -0.05) is 17.7 Å². The fourth-order valence-electron chi connectivity index (χ4n) is 1.26. The van der Waals surface area contributed by atoms with Gasteiger partial charge in [-0.3, -0.25) is 0 Å². The molecule has 0 bridgehead atoms. The summed E-state index contributed by atoms with van der Waals surface area (Å²) < 4.78 is 30.9. The number of hydrogen-bond acceptors (Lipinski definition) is 3. The van der Waals surface area contributed by atoms with Gasteiger partial charge in [0.25, 0.3) is 0 Å². The zero-order valence-electron chi connectivity index (χ0n) is 9.53. The molecule has 0 saturated heterocycles. The first kappa shape index (κ1) is 17.1. The number of alkyl halides is 1. The molecule has 0 aliphatic carbocycles. The minimum atomic E-state index is -2.00. The molecule has 102 valence electrons. The summed E-state index contributed by atoms with van der Waals surface area (Å²) in [6.07, 6.45) is -2.00. The van der Waals surface area contributed by atoms with Crippen LogP contribution in [0.2, 0.25) is 5.02 Å². The molecular formula is C11H13Cl2F2NO2. The van der Waals surface area contributed by atoms with Crippen molar-refractivity contribution in [3.8, 4) is 0 Å². The number of nitrogens with two attached hydrogens (primary N) is 1. The highest BCUT2D eigenvalue weighted by atomic mass is 35.5. The summed E-state index contributed by atoms with van der Waals surface area (Å²) in [5.74, 6) is -1.67. The molecule has 1 aromatic carbocycles. The number of carbonyl (C=O) groups is 1. The standard InChI is InChI=1S/C11H12ClF2NO2.ClH/c1-2-17-11(16)9(14)10(15)6-3-4-8(13)7(12)5-6;/h3-5,9-10H,2,15H2,1H3;1H/t9?,10-;/m0./s1. The van der Waals surface area contributed by atoms with E-state index in [4.69, 9.17) is 17.3 Å². The molecule has 0 fully saturated rings. The Morgan fingerprint density at radius 3 is 2.67 bits per heavy atom. The van der Waals surface area contributed by atoms with Crippen LogP contribution in [0.4, 0.5) is 8.78 Å². The van der Waals surface area contributed by atoms with Crippen LogP contribution in [0.5, 0.6) is 0 Å². The number of halogens is 4. The number of hydrogen-bond donors (Lipinski definition) is 1. The lowest BCUT2D eigenvalue weighted by Gasteiger charge is -2.16. The molecule has 0 radical (unpaired) electrons. The fraction of sp³-hybridized carbons (Fsp3) is 0.364. The molecule has 0 saturated carbocycles. The number of ether oxygens (including phenoxy) is 1. The van der Waals surface area contributed by atoms with Gasteiger partial charge in [-0.15, -0.1) is 12.4 Å². The summed E-state index contributed by atoms with van der Waals surface area (Å²) in [6, 6.07) is 2.30. The van der Waals surface area contributed by atoms with Crippen molar-refractivity contribution < 1.29 is 18.3 Å². The number of carbonyl (C=O) groups excluding carboxylic acids is 1. The lowest BCUT2D eigenvalue weighted by Crippen LogP contribution is -2.31. The van der Waals surface area contributed by atoms with Crippen LogP contribution in [-0.4, -0.2) is 18.7 Å². The molecule has 0 heterocycles. The van der Waals surface area contributed by atoms with E-state index in [1.807, 2.05) is 0 Å². The van der Waals surface area contributed by atoms with Crippen LogP contribution < -0.4 is 5.73 Å². The van der Waals surface area contributed by atoms with E-state index >= 15 is 0 Å². The van der Waals surface area contributed by atoms with Gasteiger partial charge in [0.05, 0.1) is 17.7 Å². The maximum absolute atomic E-state index is 13.6.